The smallest absolute Gasteiger partial charge is 0.310 e. The highest BCUT2D eigenvalue weighted by Crippen LogP contribution is 1.62. The van der Waals surface area contributed by atoms with Crippen LogP contribution in [-0.4, -0.2) is 12.4 Å². The Labute approximate surface area is 47.2 Å². The van der Waals surface area contributed by atoms with Gasteiger partial charge in [-0.2, -0.15) is 0 Å². The van der Waals surface area contributed by atoms with Gasteiger partial charge < -0.3 is 17.0 Å². The first-order chi connectivity index (χ1) is 2.77. The van der Waals surface area contributed by atoms with Gasteiger partial charge in [-0.1, -0.05) is 0 Å². The fraction of sp³-hybridized carbons (Fsp3) is 0.333. The van der Waals surface area contributed by atoms with Crippen LogP contribution in [0.25, 0.3) is 0 Å². The van der Waals surface area contributed by atoms with Crippen molar-refractivity contribution in [1.29, 1.82) is 0 Å². The molecule has 0 spiro atoms. The highest BCUT2D eigenvalue weighted by atomic mass is 16.6. The third kappa shape index (κ3) is 19.7. The Hall–Kier alpha value is -0.940. The summed E-state index contributed by atoms with van der Waals surface area (Å²) in [6.45, 7) is 1.26. The van der Waals surface area contributed by atoms with Crippen molar-refractivity contribution in [3.05, 3.63) is 0 Å². The van der Waals surface area contributed by atoms with Crippen molar-refractivity contribution in [3.8, 4) is 0 Å². The van der Waals surface area contributed by atoms with Crippen LogP contribution in [0.4, 0.5) is 0 Å². The van der Waals surface area contributed by atoms with Crippen LogP contribution >= 0.6 is 0 Å². The number of hydrogen-bond donors (Lipinski definition) is 2. The first kappa shape index (κ1) is 15.7. The lowest BCUT2D eigenvalue weighted by atomic mass is 10.8. The maximum Gasteiger partial charge on any atom is 0.310 e. The van der Waals surface area contributed by atoms with E-state index in [2.05, 4.69) is 4.74 Å². The molecule has 0 aliphatic rings. The molecule has 0 rings (SSSR count). The molecule has 0 bridgehead atoms. The summed E-state index contributed by atoms with van der Waals surface area (Å²) in [6.07, 6.45) is 0. The highest BCUT2D eigenvalue weighted by molar-refractivity contribution is 5.73. The Bertz CT molecular complexity index is 72.9. The minimum absolute atomic E-state index is 0. The van der Waals surface area contributed by atoms with Gasteiger partial charge in [-0.25, -0.2) is 0 Å². The molecule has 0 aromatic rings. The molecule has 8 heavy (non-hydrogen) atoms. The van der Waals surface area contributed by atoms with Crippen molar-refractivity contribution in [3.63, 3.8) is 0 Å². The molecular formula is C3H10N2O3. The molecule has 5 nitrogen and oxygen atoms in total. The minimum atomic E-state index is -0.579. The van der Waals surface area contributed by atoms with Crippen LogP contribution in [0.5, 0.6) is 0 Å². The Morgan fingerprint density at radius 3 is 1.88 bits per heavy atom. The van der Waals surface area contributed by atoms with Gasteiger partial charge in [0.25, 0.3) is 0 Å². The second-order valence-corrected chi connectivity index (χ2v) is 0.706. The molecule has 0 aliphatic heterocycles. The number of carbonyl (C=O) groups excluding carboxylic acids is 2. The van der Waals surface area contributed by atoms with Crippen molar-refractivity contribution in [2.75, 3.05) is 0 Å². The zero-order valence-electron chi connectivity index (χ0n) is 4.72. The van der Waals surface area contributed by atoms with E-state index in [0.29, 0.717) is 0 Å². The second-order valence-electron chi connectivity index (χ2n) is 0.706. The summed E-state index contributed by atoms with van der Waals surface area (Å²) in [7, 11) is 0. The van der Waals surface area contributed by atoms with Gasteiger partial charge in [0, 0.05) is 6.92 Å². The zero-order chi connectivity index (χ0) is 4.99. The van der Waals surface area contributed by atoms with Crippen LogP contribution in [0.1, 0.15) is 6.92 Å². The molecule has 0 aliphatic carbocycles. The minimum Gasteiger partial charge on any atom is -0.396 e. The van der Waals surface area contributed by atoms with Gasteiger partial charge in [0.1, 0.15) is 0 Å². The molecule has 0 aromatic heterocycles. The molecule has 0 saturated heterocycles. The largest absolute Gasteiger partial charge is 0.396 e. The molecular weight excluding hydrogens is 112 g/mol. The summed E-state index contributed by atoms with van der Waals surface area (Å²) < 4.78 is 3.72. The van der Waals surface area contributed by atoms with E-state index in [9.17, 15) is 9.59 Å². The van der Waals surface area contributed by atoms with Gasteiger partial charge in [0.05, 0.1) is 0 Å². The molecule has 0 heterocycles. The standard InChI is InChI=1S/C3H4O3.2H3N/c1-3(5)6-2-4;;/h2H,1H3;2*1H3. The third-order valence-corrected chi connectivity index (χ3v) is 0.214. The van der Waals surface area contributed by atoms with Crippen molar-refractivity contribution < 1.29 is 14.3 Å². The number of esters is 1. The van der Waals surface area contributed by atoms with Crippen LogP contribution in [0, 0.1) is 0 Å². The van der Waals surface area contributed by atoms with Crippen molar-refractivity contribution >= 4 is 12.4 Å². The lowest BCUT2D eigenvalue weighted by Crippen LogP contribution is -1.93. The number of rotatable bonds is 1. The molecule has 5 heteroatoms. The molecule has 0 atom stereocenters. The van der Waals surface area contributed by atoms with Crippen LogP contribution in [0.15, 0.2) is 0 Å². The average Bonchev–Trinajstić information content (AvgIpc) is 1.35. The van der Waals surface area contributed by atoms with Gasteiger partial charge in [-0.15, -0.1) is 0 Å². The normalized spacial score (nSPS) is 5.12. The van der Waals surface area contributed by atoms with E-state index < -0.39 is 5.97 Å². The maximum absolute atomic E-state index is 9.59. The lowest BCUT2D eigenvalue weighted by molar-refractivity contribution is -0.149. The lowest BCUT2D eigenvalue weighted by Gasteiger charge is -1.78. The second kappa shape index (κ2) is 9.41. The Balaban J connectivity index is -0.000000125. The van der Waals surface area contributed by atoms with E-state index in [1.54, 1.807) is 0 Å². The summed E-state index contributed by atoms with van der Waals surface area (Å²) in [4.78, 5) is 18.8. The summed E-state index contributed by atoms with van der Waals surface area (Å²) in [6, 6.07) is 0. The number of ether oxygens (including phenoxy) is 1. The SMILES string of the molecule is CC(=O)OC=O.N.N. The molecule has 0 radical (unpaired) electrons. The van der Waals surface area contributed by atoms with Crippen LogP contribution in [0.2, 0.25) is 0 Å². The predicted molar refractivity (Wildman–Crippen MR) is 27.9 cm³/mol. The van der Waals surface area contributed by atoms with Gasteiger partial charge in [0.15, 0.2) is 0 Å². The molecule has 0 unspecified atom stereocenters. The Kier molecular flexibility index (Phi) is 18.5. The summed E-state index contributed by atoms with van der Waals surface area (Å²) in [5.74, 6) is -0.579. The van der Waals surface area contributed by atoms with E-state index in [0.717, 1.165) is 6.92 Å². The fourth-order valence-corrected chi connectivity index (χ4v) is 0.0678. The fourth-order valence-electron chi connectivity index (χ4n) is 0.0678. The number of carbonyl (C=O) groups is 2. The van der Waals surface area contributed by atoms with Gasteiger partial charge >= 0.3 is 12.4 Å². The zero-order valence-corrected chi connectivity index (χ0v) is 4.72. The van der Waals surface area contributed by atoms with Gasteiger partial charge in [-0.3, -0.25) is 9.59 Å². The average molecular weight is 122 g/mol. The predicted octanol–water partition coefficient (Wildman–Crippen LogP) is 0.0299. The monoisotopic (exact) mass is 122 g/mol. The Morgan fingerprint density at radius 2 is 1.88 bits per heavy atom. The Morgan fingerprint density at radius 1 is 1.50 bits per heavy atom. The molecule has 50 valence electrons. The topological polar surface area (TPSA) is 113 Å². The summed E-state index contributed by atoms with van der Waals surface area (Å²) in [5.41, 5.74) is 0. The van der Waals surface area contributed by atoms with E-state index >= 15 is 0 Å². The summed E-state index contributed by atoms with van der Waals surface area (Å²) >= 11 is 0. The molecule has 0 aromatic carbocycles. The molecule has 0 amide bonds. The van der Waals surface area contributed by atoms with Crippen LogP contribution in [0.3, 0.4) is 0 Å². The first-order valence-electron chi connectivity index (χ1n) is 1.38. The maximum atomic E-state index is 9.59. The van der Waals surface area contributed by atoms with E-state index in [1.165, 1.54) is 0 Å². The van der Waals surface area contributed by atoms with E-state index in [-0.39, 0.29) is 18.8 Å². The van der Waals surface area contributed by atoms with Crippen molar-refractivity contribution in [2.24, 2.45) is 0 Å². The third-order valence-electron chi connectivity index (χ3n) is 0.214. The number of hydrogen-bond acceptors (Lipinski definition) is 5. The van der Waals surface area contributed by atoms with Crippen LogP contribution < -0.4 is 12.3 Å². The quantitative estimate of drug-likeness (QED) is 0.289. The van der Waals surface area contributed by atoms with Crippen molar-refractivity contribution in [1.82, 2.24) is 12.3 Å². The van der Waals surface area contributed by atoms with Gasteiger partial charge in [-0.05, 0) is 0 Å². The molecule has 0 saturated carbocycles. The van der Waals surface area contributed by atoms with E-state index in [1.807, 2.05) is 0 Å². The molecule has 0 fully saturated rings. The molecule has 6 N–H and O–H groups in total. The summed E-state index contributed by atoms with van der Waals surface area (Å²) in [5, 5.41) is 0. The first-order valence-corrected chi connectivity index (χ1v) is 1.38. The van der Waals surface area contributed by atoms with Gasteiger partial charge in [0.2, 0.25) is 0 Å². The van der Waals surface area contributed by atoms with Crippen LogP contribution in [-0.2, 0) is 14.3 Å². The van der Waals surface area contributed by atoms with Crippen molar-refractivity contribution in [2.45, 2.75) is 6.92 Å². The van der Waals surface area contributed by atoms with E-state index in [4.69, 9.17) is 0 Å². The highest BCUT2D eigenvalue weighted by Gasteiger charge is 1.82.